The summed E-state index contributed by atoms with van der Waals surface area (Å²) in [6.07, 6.45) is 40.4. The first-order valence-electron chi connectivity index (χ1n) is 16.4. The predicted octanol–water partition coefficient (Wildman–Crippen LogP) is 9.28. The second-order valence-corrected chi connectivity index (χ2v) is 10.9. The topological polar surface area (TPSA) is 69.6 Å². The molecule has 0 saturated heterocycles. The molecule has 0 aromatic carbocycles. The summed E-state index contributed by atoms with van der Waals surface area (Å²) >= 11 is 0. The number of aliphatic hydroxyl groups excluding tert-OH is 2. The first-order chi connectivity index (χ1) is 19.2. The Balaban J connectivity index is 3.67. The van der Waals surface area contributed by atoms with Crippen LogP contribution in [0.3, 0.4) is 0 Å². The summed E-state index contributed by atoms with van der Waals surface area (Å²) in [6, 6.07) is -0.626. The minimum absolute atomic E-state index is 0.0837. The summed E-state index contributed by atoms with van der Waals surface area (Å²) in [4.78, 5) is 12.2. The number of allylic oxidation sites excluding steroid dienone is 7. The van der Waals surface area contributed by atoms with E-state index in [1.54, 1.807) is 6.08 Å². The van der Waals surface area contributed by atoms with Gasteiger partial charge < -0.3 is 15.5 Å². The Hall–Kier alpha value is -1.65. The minimum atomic E-state index is -0.841. The molecule has 0 saturated carbocycles. The second kappa shape index (κ2) is 30.9. The highest BCUT2D eigenvalue weighted by Crippen LogP contribution is 2.10. The molecular formula is C35H63NO3. The molecular weight excluding hydrogens is 482 g/mol. The third-order valence-corrected chi connectivity index (χ3v) is 7.06. The Morgan fingerprint density at radius 1 is 0.615 bits per heavy atom. The lowest BCUT2D eigenvalue weighted by Gasteiger charge is -2.20. The van der Waals surface area contributed by atoms with Gasteiger partial charge in [0.1, 0.15) is 0 Å². The number of carbonyl (C=O) groups is 1. The van der Waals surface area contributed by atoms with Crippen LogP contribution in [-0.2, 0) is 4.79 Å². The number of nitrogens with one attached hydrogen (secondary N) is 1. The maximum Gasteiger partial charge on any atom is 0.220 e. The van der Waals surface area contributed by atoms with E-state index in [1.165, 1.54) is 77.0 Å². The SMILES string of the molecule is CCCCC/C=C\C/C=C\C/C=C\CCCCCCCCC(=O)NC(CO)C(O)/C=C/CCCCCCCC. The van der Waals surface area contributed by atoms with Gasteiger partial charge >= 0.3 is 0 Å². The van der Waals surface area contributed by atoms with E-state index in [2.05, 4.69) is 55.6 Å². The van der Waals surface area contributed by atoms with Crippen LogP contribution in [0.5, 0.6) is 0 Å². The van der Waals surface area contributed by atoms with Crippen LogP contribution in [0.2, 0.25) is 0 Å². The van der Waals surface area contributed by atoms with E-state index in [0.29, 0.717) is 6.42 Å². The van der Waals surface area contributed by atoms with E-state index in [4.69, 9.17) is 0 Å². The van der Waals surface area contributed by atoms with Crippen LogP contribution in [0.4, 0.5) is 0 Å². The fourth-order valence-electron chi connectivity index (χ4n) is 4.48. The van der Waals surface area contributed by atoms with Crippen LogP contribution in [0, 0.1) is 0 Å². The lowest BCUT2D eigenvalue weighted by Crippen LogP contribution is -2.45. The standard InChI is InChI=1S/C35H63NO3/c1-3-5-7-9-11-13-14-15-16-17-18-19-20-21-22-23-25-27-29-31-35(39)36-33(32-37)34(38)30-28-26-24-12-10-8-6-4-2/h11,13,15-16,18-19,28,30,33-34,37-38H,3-10,12,14,17,20-27,29,31-32H2,1-2H3,(H,36,39)/b13-11-,16-15-,19-18-,30-28+. The number of hydrogen-bond donors (Lipinski definition) is 3. The lowest BCUT2D eigenvalue weighted by molar-refractivity contribution is -0.123. The maximum atomic E-state index is 12.2. The highest BCUT2D eigenvalue weighted by molar-refractivity contribution is 5.76. The molecule has 0 aliphatic rings. The van der Waals surface area contributed by atoms with Crippen molar-refractivity contribution in [3.63, 3.8) is 0 Å². The number of hydrogen-bond acceptors (Lipinski definition) is 3. The van der Waals surface area contributed by atoms with Crippen molar-refractivity contribution in [3.8, 4) is 0 Å². The van der Waals surface area contributed by atoms with Gasteiger partial charge in [-0.15, -0.1) is 0 Å². The zero-order chi connectivity index (χ0) is 28.7. The van der Waals surface area contributed by atoms with Crippen LogP contribution < -0.4 is 5.32 Å². The lowest BCUT2D eigenvalue weighted by atomic mass is 10.1. The largest absolute Gasteiger partial charge is 0.394 e. The molecule has 3 N–H and O–H groups in total. The Bertz CT molecular complexity index is 638. The van der Waals surface area contributed by atoms with Crippen molar-refractivity contribution >= 4 is 5.91 Å². The molecule has 2 unspecified atom stereocenters. The molecule has 0 aromatic heterocycles. The van der Waals surface area contributed by atoms with Crippen molar-refractivity contribution in [2.24, 2.45) is 0 Å². The zero-order valence-electron chi connectivity index (χ0n) is 25.6. The Kier molecular flexibility index (Phi) is 29.6. The van der Waals surface area contributed by atoms with Crippen molar-refractivity contribution in [1.82, 2.24) is 5.32 Å². The maximum absolute atomic E-state index is 12.2. The van der Waals surface area contributed by atoms with Crippen LogP contribution in [-0.4, -0.2) is 34.9 Å². The fraction of sp³-hybridized carbons (Fsp3) is 0.743. The van der Waals surface area contributed by atoms with Crippen LogP contribution in [0.15, 0.2) is 48.6 Å². The monoisotopic (exact) mass is 545 g/mol. The number of amides is 1. The Morgan fingerprint density at radius 3 is 1.62 bits per heavy atom. The molecule has 226 valence electrons. The van der Waals surface area contributed by atoms with Crippen LogP contribution >= 0.6 is 0 Å². The molecule has 0 heterocycles. The van der Waals surface area contributed by atoms with Gasteiger partial charge in [-0.1, -0.05) is 133 Å². The van der Waals surface area contributed by atoms with Gasteiger partial charge in [-0.05, 0) is 57.8 Å². The highest BCUT2D eigenvalue weighted by atomic mass is 16.3. The summed E-state index contributed by atoms with van der Waals surface area (Å²) in [5.41, 5.74) is 0. The average Bonchev–Trinajstić information content (AvgIpc) is 2.94. The minimum Gasteiger partial charge on any atom is -0.394 e. The van der Waals surface area contributed by atoms with E-state index in [9.17, 15) is 15.0 Å². The molecule has 0 radical (unpaired) electrons. The van der Waals surface area contributed by atoms with Crippen molar-refractivity contribution < 1.29 is 15.0 Å². The molecule has 0 rings (SSSR count). The molecule has 4 heteroatoms. The van der Waals surface area contributed by atoms with Gasteiger partial charge in [0, 0.05) is 6.42 Å². The average molecular weight is 546 g/mol. The predicted molar refractivity (Wildman–Crippen MR) is 170 cm³/mol. The van der Waals surface area contributed by atoms with Gasteiger partial charge in [0.05, 0.1) is 18.8 Å². The van der Waals surface area contributed by atoms with Gasteiger partial charge in [0.2, 0.25) is 5.91 Å². The molecule has 0 aliphatic carbocycles. The Morgan fingerprint density at radius 2 is 1.05 bits per heavy atom. The van der Waals surface area contributed by atoms with Crippen molar-refractivity contribution in [2.45, 2.75) is 161 Å². The molecule has 0 bridgehead atoms. The van der Waals surface area contributed by atoms with Crippen molar-refractivity contribution in [2.75, 3.05) is 6.61 Å². The quantitative estimate of drug-likeness (QED) is 0.0677. The molecule has 0 spiro atoms. The molecule has 0 fully saturated rings. The van der Waals surface area contributed by atoms with Crippen molar-refractivity contribution in [1.29, 1.82) is 0 Å². The molecule has 0 aromatic rings. The summed E-state index contributed by atoms with van der Waals surface area (Å²) in [6.45, 7) is 4.21. The smallest absolute Gasteiger partial charge is 0.220 e. The van der Waals surface area contributed by atoms with Crippen molar-refractivity contribution in [3.05, 3.63) is 48.6 Å². The fourth-order valence-corrected chi connectivity index (χ4v) is 4.48. The summed E-state index contributed by atoms with van der Waals surface area (Å²) in [5, 5.41) is 22.7. The molecule has 0 aliphatic heterocycles. The number of rotatable bonds is 28. The van der Waals surface area contributed by atoms with E-state index < -0.39 is 12.1 Å². The first kappa shape index (κ1) is 37.4. The van der Waals surface area contributed by atoms with Crippen LogP contribution in [0.25, 0.3) is 0 Å². The van der Waals surface area contributed by atoms with Gasteiger partial charge in [0.25, 0.3) is 0 Å². The number of carbonyl (C=O) groups excluding carboxylic acids is 1. The first-order valence-corrected chi connectivity index (χ1v) is 16.4. The number of aliphatic hydroxyl groups is 2. The van der Waals surface area contributed by atoms with Gasteiger partial charge in [-0.25, -0.2) is 0 Å². The Labute approximate surface area is 242 Å². The van der Waals surface area contributed by atoms with Gasteiger partial charge in [-0.3, -0.25) is 4.79 Å². The third kappa shape index (κ3) is 27.7. The van der Waals surface area contributed by atoms with E-state index >= 15 is 0 Å². The highest BCUT2D eigenvalue weighted by Gasteiger charge is 2.17. The molecule has 2 atom stereocenters. The normalized spacial score (nSPS) is 13.8. The third-order valence-electron chi connectivity index (χ3n) is 7.06. The van der Waals surface area contributed by atoms with E-state index in [1.807, 2.05) is 6.08 Å². The summed E-state index contributed by atoms with van der Waals surface area (Å²) in [5.74, 6) is -0.0837. The molecule has 4 nitrogen and oxygen atoms in total. The van der Waals surface area contributed by atoms with E-state index in [-0.39, 0.29) is 12.5 Å². The molecule has 1 amide bonds. The summed E-state index contributed by atoms with van der Waals surface area (Å²) < 4.78 is 0. The van der Waals surface area contributed by atoms with E-state index in [0.717, 1.165) is 51.4 Å². The van der Waals surface area contributed by atoms with Gasteiger partial charge in [-0.2, -0.15) is 0 Å². The summed E-state index contributed by atoms with van der Waals surface area (Å²) in [7, 11) is 0. The second-order valence-electron chi connectivity index (χ2n) is 10.9. The van der Waals surface area contributed by atoms with Crippen LogP contribution in [0.1, 0.15) is 149 Å². The molecule has 39 heavy (non-hydrogen) atoms. The zero-order valence-corrected chi connectivity index (χ0v) is 25.6. The van der Waals surface area contributed by atoms with Gasteiger partial charge in [0.15, 0.2) is 0 Å². The number of unbranched alkanes of at least 4 members (excludes halogenated alkanes) is 15.